The molecule has 0 radical (unpaired) electrons. The van der Waals surface area contributed by atoms with Crippen molar-refractivity contribution in [3.05, 3.63) is 44.6 Å². The predicted molar refractivity (Wildman–Crippen MR) is 73.7 cm³/mol. The van der Waals surface area contributed by atoms with E-state index in [-0.39, 0.29) is 11.5 Å². The molecule has 0 saturated carbocycles. The molecule has 19 heavy (non-hydrogen) atoms. The summed E-state index contributed by atoms with van der Waals surface area (Å²) in [7, 11) is 0. The third-order valence-electron chi connectivity index (χ3n) is 2.07. The molecule has 2 rings (SSSR count). The molecule has 0 spiro atoms. The summed E-state index contributed by atoms with van der Waals surface area (Å²) in [4.78, 5) is 18.4. The smallest absolute Gasteiger partial charge is 0.329 e. The molecule has 0 bridgehead atoms. The maximum absolute atomic E-state index is 10.6. The van der Waals surface area contributed by atoms with Crippen molar-refractivity contribution < 1.29 is 4.92 Å². The van der Waals surface area contributed by atoms with Crippen molar-refractivity contribution in [1.29, 1.82) is 0 Å². The molecule has 1 aromatic heterocycles. The van der Waals surface area contributed by atoms with Gasteiger partial charge in [0.15, 0.2) is 5.16 Å². The Morgan fingerprint density at radius 1 is 1.32 bits per heavy atom. The van der Waals surface area contributed by atoms with Gasteiger partial charge in [-0.05, 0) is 30.0 Å². The van der Waals surface area contributed by atoms with Gasteiger partial charge in [-0.1, -0.05) is 23.2 Å². The molecule has 98 valence electrons. The molecule has 1 aromatic carbocycles. The number of nitrogens with zero attached hydrogens (tertiary/aromatic N) is 3. The van der Waals surface area contributed by atoms with Gasteiger partial charge < -0.3 is 5.73 Å². The second kappa shape index (κ2) is 5.60. The average Bonchev–Trinajstić information content (AvgIpc) is 2.33. The molecule has 0 fully saturated rings. The number of anilines is 1. The zero-order chi connectivity index (χ0) is 14.0. The Morgan fingerprint density at radius 2 is 2.05 bits per heavy atom. The number of rotatable bonds is 3. The van der Waals surface area contributed by atoms with E-state index >= 15 is 0 Å². The Morgan fingerprint density at radius 3 is 2.63 bits per heavy atom. The zero-order valence-corrected chi connectivity index (χ0v) is 11.5. The van der Waals surface area contributed by atoms with Crippen LogP contribution in [0.1, 0.15) is 0 Å². The van der Waals surface area contributed by atoms with Crippen molar-refractivity contribution in [3.63, 3.8) is 0 Å². The van der Waals surface area contributed by atoms with Gasteiger partial charge in [0.2, 0.25) is 5.82 Å². The van der Waals surface area contributed by atoms with Gasteiger partial charge in [-0.2, -0.15) is 4.98 Å². The van der Waals surface area contributed by atoms with Crippen LogP contribution in [0.3, 0.4) is 0 Å². The maximum atomic E-state index is 10.6. The van der Waals surface area contributed by atoms with E-state index in [0.29, 0.717) is 15.2 Å². The summed E-state index contributed by atoms with van der Waals surface area (Å²) in [5.74, 6) is -0.178. The highest BCUT2D eigenvalue weighted by Crippen LogP contribution is 2.32. The molecule has 0 atom stereocenters. The lowest BCUT2D eigenvalue weighted by molar-refractivity contribution is -0.384. The molecular formula is C10H6Cl2N4O2S. The van der Waals surface area contributed by atoms with Gasteiger partial charge in [-0.3, -0.25) is 10.1 Å². The van der Waals surface area contributed by atoms with Crippen molar-refractivity contribution in [2.75, 3.05) is 5.73 Å². The number of nitrogens with two attached hydrogens (primary N) is 1. The maximum Gasteiger partial charge on any atom is 0.329 e. The molecule has 0 unspecified atom stereocenters. The van der Waals surface area contributed by atoms with Crippen molar-refractivity contribution >= 4 is 46.5 Å². The van der Waals surface area contributed by atoms with Crippen LogP contribution in [0, 0.1) is 10.1 Å². The molecule has 0 amide bonds. The lowest BCUT2D eigenvalue weighted by atomic mass is 10.4. The number of nitro groups is 1. The molecule has 0 saturated heterocycles. The molecular weight excluding hydrogens is 311 g/mol. The van der Waals surface area contributed by atoms with Gasteiger partial charge in [-0.15, -0.1) is 0 Å². The minimum absolute atomic E-state index is 0.178. The van der Waals surface area contributed by atoms with Crippen LogP contribution in [0.15, 0.2) is 34.4 Å². The van der Waals surface area contributed by atoms with E-state index in [4.69, 9.17) is 28.9 Å². The SMILES string of the molecule is Nc1nc(Sc2ccc(Cl)c(Cl)c2)ncc1[N+](=O)[O-]. The molecule has 9 heteroatoms. The largest absolute Gasteiger partial charge is 0.378 e. The number of halogens is 2. The fraction of sp³-hybridized carbons (Fsp3) is 0. The molecule has 6 nitrogen and oxygen atoms in total. The Balaban J connectivity index is 2.26. The molecule has 0 aliphatic carbocycles. The van der Waals surface area contributed by atoms with Crippen LogP contribution in [0.5, 0.6) is 0 Å². The Hall–Kier alpha value is -1.57. The first-order chi connectivity index (χ1) is 8.97. The highest BCUT2D eigenvalue weighted by atomic mass is 35.5. The minimum Gasteiger partial charge on any atom is -0.378 e. The van der Waals surface area contributed by atoms with Gasteiger partial charge in [0.05, 0.1) is 15.0 Å². The quantitative estimate of drug-likeness (QED) is 0.529. The van der Waals surface area contributed by atoms with Gasteiger partial charge in [0.25, 0.3) is 0 Å². The van der Waals surface area contributed by atoms with Gasteiger partial charge in [-0.25, -0.2) is 4.98 Å². The Labute approximate surface area is 122 Å². The second-order valence-electron chi connectivity index (χ2n) is 3.36. The summed E-state index contributed by atoms with van der Waals surface area (Å²) < 4.78 is 0. The first-order valence-corrected chi connectivity index (χ1v) is 6.44. The van der Waals surface area contributed by atoms with Crippen LogP contribution in [0.4, 0.5) is 11.5 Å². The molecule has 0 aliphatic rings. The van der Waals surface area contributed by atoms with Crippen molar-refractivity contribution in [2.24, 2.45) is 0 Å². The van der Waals surface area contributed by atoms with E-state index in [9.17, 15) is 10.1 Å². The van der Waals surface area contributed by atoms with Crippen LogP contribution in [0.2, 0.25) is 10.0 Å². The first-order valence-electron chi connectivity index (χ1n) is 4.87. The number of aromatic nitrogens is 2. The van der Waals surface area contributed by atoms with E-state index in [1.165, 1.54) is 11.8 Å². The predicted octanol–water partition coefficient (Wildman–Crippen LogP) is 3.43. The third kappa shape index (κ3) is 3.25. The molecule has 2 aromatic rings. The minimum atomic E-state index is -0.636. The van der Waals surface area contributed by atoms with Crippen LogP contribution < -0.4 is 5.73 Å². The van der Waals surface area contributed by atoms with Gasteiger partial charge >= 0.3 is 5.69 Å². The summed E-state index contributed by atoms with van der Waals surface area (Å²) in [5, 5.41) is 11.7. The van der Waals surface area contributed by atoms with E-state index in [2.05, 4.69) is 9.97 Å². The monoisotopic (exact) mass is 316 g/mol. The van der Waals surface area contributed by atoms with Crippen molar-refractivity contribution in [2.45, 2.75) is 10.1 Å². The lowest BCUT2D eigenvalue weighted by Crippen LogP contribution is -2.00. The topological polar surface area (TPSA) is 94.9 Å². The third-order valence-corrected chi connectivity index (χ3v) is 3.68. The van der Waals surface area contributed by atoms with Crippen molar-refractivity contribution in [3.8, 4) is 0 Å². The highest BCUT2D eigenvalue weighted by molar-refractivity contribution is 7.99. The van der Waals surface area contributed by atoms with E-state index in [0.717, 1.165) is 11.1 Å². The zero-order valence-electron chi connectivity index (χ0n) is 9.21. The Kier molecular flexibility index (Phi) is 4.08. The first kappa shape index (κ1) is 13.9. The fourth-order valence-corrected chi connectivity index (χ4v) is 2.34. The summed E-state index contributed by atoms with van der Waals surface area (Å²) in [6.07, 6.45) is 1.07. The molecule has 1 heterocycles. The highest BCUT2D eigenvalue weighted by Gasteiger charge is 2.14. The number of benzene rings is 1. The van der Waals surface area contributed by atoms with Gasteiger partial charge in [0, 0.05) is 4.90 Å². The summed E-state index contributed by atoms with van der Waals surface area (Å²) in [6.45, 7) is 0. The van der Waals surface area contributed by atoms with Crippen molar-refractivity contribution in [1.82, 2.24) is 9.97 Å². The van der Waals surface area contributed by atoms with E-state index < -0.39 is 4.92 Å². The molecule has 0 aliphatic heterocycles. The number of hydrogen-bond donors (Lipinski definition) is 1. The second-order valence-corrected chi connectivity index (χ2v) is 5.21. The summed E-state index contributed by atoms with van der Waals surface area (Å²) in [5.41, 5.74) is 5.16. The summed E-state index contributed by atoms with van der Waals surface area (Å²) >= 11 is 12.9. The van der Waals surface area contributed by atoms with Crippen LogP contribution in [0.25, 0.3) is 0 Å². The number of hydrogen-bond acceptors (Lipinski definition) is 6. The molecule has 2 N–H and O–H groups in total. The van der Waals surface area contributed by atoms with Crippen LogP contribution in [-0.2, 0) is 0 Å². The Bertz CT molecular complexity index is 653. The van der Waals surface area contributed by atoms with E-state index in [1.54, 1.807) is 18.2 Å². The fourth-order valence-electron chi connectivity index (χ4n) is 1.21. The number of nitrogen functional groups attached to an aromatic ring is 1. The standard InChI is InChI=1S/C10H6Cl2N4O2S/c11-6-2-1-5(3-7(6)12)19-10-14-4-8(16(17)18)9(13)15-10/h1-4H,(H2,13,14,15). The van der Waals surface area contributed by atoms with Crippen LogP contribution in [-0.4, -0.2) is 14.9 Å². The lowest BCUT2D eigenvalue weighted by Gasteiger charge is -2.03. The summed E-state index contributed by atoms with van der Waals surface area (Å²) in [6, 6.07) is 5.02. The van der Waals surface area contributed by atoms with Gasteiger partial charge in [0.1, 0.15) is 6.20 Å². The normalized spacial score (nSPS) is 10.4. The average molecular weight is 317 g/mol. The van der Waals surface area contributed by atoms with Crippen LogP contribution >= 0.6 is 35.0 Å². The van der Waals surface area contributed by atoms with E-state index in [1.807, 2.05) is 0 Å².